The molecule has 0 aliphatic carbocycles. The summed E-state index contributed by atoms with van der Waals surface area (Å²) in [4.78, 5) is 34.8. The van der Waals surface area contributed by atoms with Crippen LogP contribution in [-0.2, 0) is 33.3 Å². The first-order valence-corrected chi connectivity index (χ1v) is 10.7. The van der Waals surface area contributed by atoms with Crippen LogP contribution >= 0.6 is 0 Å². The minimum Gasteiger partial charge on any atom is -0.457 e. The predicted octanol–water partition coefficient (Wildman–Crippen LogP) is -0.674. The van der Waals surface area contributed by atoms with Crippen molar-refractivity contribution in [3.05, 3.63) is 0 Å². The molecule has 0 aromatic heterocycles. The van der Waals surface area contributed by atoms with Crippen LogP contribution in [0.3, 0.4) is 0 Å². The van der Waals surface area contributed by atoms with E-state index < -0.39 is 49.2 Å². The Morgan fingerprint density at radius 2 is 1.65 bits per heavy atom. The minimum absolute atomic E-state index is 0.0720. The third-order valence-corrected chi connectivity index (χ3v) is 4.76. The smallest absolute Gasteiger partial charge is 0.303 e. The van der Waals surface area contributed by atoms with Crippen LogP contribution in [0.5, 0.6) is 0 Å². The molecule has 0 spiro atoms. The van der Waals surface area contributed by atoms with Crippen molar-refractivity contribution in [1.29, 1.82) is 0 Å². The van der Waals surface area contributed by atoms with E-state index in [1.54, 1.807) is 0 Å². The number of carbonyl (C=O) groups is 3. The van der Waals surface area contributed by atoms with Gasteiger partial charge in [-0.25, -0.2) is 0 Å². The van der Waals surface area contributed by atoms with Gasteiger partial charge < -0.3 is 40.8 Å². The molecule has 1 fully saturated rings. The van der Waals surface area contributed by atoms with E-state index in [1.165, 1.54) is 13.8 Å². The Bertz CT molecular complexity index is 563. The van der Waals surface area contributed by atoms with Crippen LogP contribution in [0, 0.1) is 0 Å². The Morgan fingerprint density at radius 3 is 2.26 bits per heavy atom. The van der Waals surface area contributed by atoms with Crippen LogP contribution in [-0.4, -0.2) is 79.9 Å². The molecule has 0 aromatic rings. The highest BCUT2D eigenvalue weighted by molar-refractivity contribution is 5.75. The first-order chi connectivity index (χ1) is 14.8. The van der Waals surface area contributed by atoms with Crippen molar-refractivity contribution in [1.82, 2.24) is 5.32 Å². The van der Waals surface area contributed by atoms with Gasteiger partial charge in [0.1, 0.15) is 6.10 Å². The van der Waals surface area contributed by atoms with Crippen molar-refractivity contribution in [2.45, 2.75) is 83.0 Å². The van der Waals surface area contributed by atoms with E-state index in [0.717, 1.165) is 25.7 Å². The number of nitrogens with two attached hydrogens (primary N) is 2. The molecule has 0 bridgehead atoms. The largest absolute Gasteiger partial charge is 0.457 e. The number of carbonyl (C=O) groups excluding carboxylic acids is 3. The van der Waals surface area contributed by atoms with E-state index in [9.17, 15) is 19.5 Å². The fourth-order valence-electron chi connectivity index (χ4n) is 3.27. The lowest BCUT2D eigenvalue weighted by molar-refractivity contribution is -0.272. The summed E-state index contributed by atoms with van der Waals surface area (Å²) in [6.07, 6.45) is 0.629. The number of amides is 1. The van der Waals surface area contributed by atoms with Crippen molar-refractivity contribution >= 4 is 17.8 Å². The number of aliphatic hydroxyl groups excluding tert-OH is 1. The molecule has 1 heterocycles. The second kappa shape index (κ2) is 15.1. The Kier molecular flexibility index (Phi) is 13.3. The zero-order valence-electron chi connectivity index (χ0n) is 18.4. The SMILES string of the molecule is CC(=O)OC1C(CO)OC(OCCCC(=O)NCCCCCCN)C(N)C1OC(C)=O. The Labute approximate surface area is 183 Å². The molecule has 5 unspecified atom stereocenters. The van der Waals surface area contributed by atoms with Crippen LogP contribution in [0.25, 0.3) is 0 Å². The van der Waals surface area contributed by atoms with Gasteiger partial charge in [-0.3, -0.25) is 14.4 Å². The fourth-order valence-corrected chi connectivity index (χ4v) is 3.27. The second-order valence-corrected chi connectivity index (χ2v) is 7.48. The molecule has 0 saturated carbocycles. The lowest BCUT2D eigenvalue weighted by Gasteiger charge is -2.43. The third kappa shape index (κ3) is 10.4. The van der Waals surface area contributed by atoms with Crippen LogP contribution in [0.4, 0.5) is 0 Å². The lowest BCUT2D eigenvalue weighted by Crippen LogP contribution is -2.64. The van der Waals surface area contributed by atoms with Crippen molar-refractivity contribution in [3.8, 4) is 0 Å². The van der Waals surface area contributed by atoms with E-state index in [2.05, 4.69) is 5.32 Å². The first kappa shape index (κ1) is 27.2. The van der Waals surface area contributed by atoms with Gasteiger partial charge >= 0.3 is 11.9 Å². The zero-order valence-corrected chi connectivity index (χ0v) is 18.4. The fraction of sp³-hybridized carbons (Fsp3) is 0.850. The van der Waals surface area contributed by atoms with Gasteiger partial charge in [-0.1, -0.05) is 12.8 Å². The van der Waals surface area contributed by atoms with Gasteiger partial charge in [0.05, 0.1) is 19.3 Å². The summed E-state index contributed by atoms with van der Waals surface area (Å²) in [5.41, 5.74) is 11.6. The summed E-state index contributed by atoms with van der Waals surface area (Å²) >= 11 is 0. The summed E-state index contributed by atoms with van der Waals surface area (Å²) in [7, 11) is 0. The molecule has 0 aromatic carbocycles. The molecule has 11 heteroatoms. The van der Waals surface area contributed by atoms with Crippen LogP contribution in [0.1, 0.15) is 52.4 Å². The molecule has 5 atom stereocenters. The van der Waals surface area contributed by atoms with Gasteiger partial charge in [0, 0.05) is 26.8 Å². The summed E-state index contributed by atoms with van der Waals surface area (Å²) < 4.78 is 21.6. The van der Waals surface area contributed by atoms with Crippen molar-refractivity contribution in [2.75, 3.05) is 26.3 Å². The Hall–Kier alpha value is -1.79. The van der Waals surface area contributed by atoms with Crippen molar-refractivity contribution in [2.24, 2.45) is 11.5 Å². The van der Waals surface area contributed by atoms with E-state index >= 15 is 0 Å². The van der Waals surface area contributed by atoms with E-state index in [4.69, 9.17) is 30.4 Å². The average molecular weight is 448 g/mol. The molecule has 1 aliphatic rings. The highest BCUT2D eigenvalue weighted by Gasteiger charge is 2.48. The van der Waals surface area contributed by atoms with Gasteiger partial charge in [-0.05, 0) is 25.8 Å². The second-order valence-electron chi connectivity index (χ2n) is 7.48. The summed E-state index contributed by atoms with van der Waals surface area (Å²) in [6, 6.07) is -0.946. The molecule has 1 rings (SSSR count). The monoisotopic (exact) mass is 447 g/mol. The molecular weight excluding hydrogens is 410 g/mol. The van der Waals surface area contributed by atoms with Crippen molar-refractivity contribution < 1.29 is 38.4 Å². The maximum atomic E-state index is 11.9. The molecule has 0 radical (unpaired) electrons. The van der Waals surface area contributed by atoms with Gasteiger partial charge in [-0.2, -0.15) is 0 Å². The summed E-state index contributed by atoms with van der Waals surface area (Å²) in [5.74, 6) is -1.31. The van der Waals surface area contributed by atoms with Gasteiger partial charge in [0.2, 0.25) is 5.91 Å². The summed E-state index contributed by atoms with van der Waals surface area (Å²) in [6.45, 7) is 3.39. The molecule has 1 aliphatic heterocycles. The Balaban J connectivity index is 2.45. The number of rotatable bonds is 14. The predicted molar refractivity (Wildman–Crippen MR) is 111 cm³/mol. The number of hydrogen-bond acceptors (Lipinski definition) is 10. The number of ether oxygens (including phenoxy) is 4. The normalized spacial score (nSPS) is 25.6. The van der Waals surface area contributed by atoms with Crippen molar-refractivity contribution in [3.63, 3.8) is 0 Å². The third-order valence-electron chi connectivity index (χ3n) is 4.76. The molecule has 11 nitrogen and oxygen atoms in total. The zero-order chi connectivity index (χ0) is 23.2. The highest BCUT2D eigenvalue weighted by Crippen LogP contribution is 2.26. The van der Waals surface area contributed by atoms with Gasteiger partial charge in [-0.15, -0.1) is 0 Å². The molecule has 1 saturated heterocycles. The van der Waals surface area contributed by atoms with Crippen LogP contribution in [0.15, 0.2) is 0 Å². The van der Waals surface area contributed by atoms with Gasteiger partial charge in [0.15, 0.2) is 18.5 Å². The topological polar surface area (TPSA) is 172 Å². The number of nitrogens with one attached hydrogen (secondary N) is 1. The standard InChI is InChI=1S/C20H37N3O8/c1-13(25)29-18-15(12-24)31-20(17(22)19(18)30-14(2)26)28-11-7-8-16(27)23-10-6-4-3-5-9-21/h15,17-20,24H,3-12,21-22H2,1-2H3,(H,23,27). The summed E-state index contributed by atoms with van der Waals surface area (Å²) in [5, 5.41) is 12.5. The molecule has 1 amide bonds. The maximum absolute atomic E-state index is 11.9. The van der Waals surface area contributed by atoms with Gasteiger partial charge in [0.25, 0.3) is 0 Å². The molecule has 31 heavy (non-hydrogen) atoms. The molecular formula is C20H37N3O8. The Morgan fingerprint density at radius 1 is 1.00 bits per heavy atom. The maximum Gasteiger partial charge on any atom is 0.303 e. The molecule has 6 N–H and O–H groups in total. The number of hydrogen-bond donors (Lipinski definition) is 4. The minimum atomic E-state index is -1.06. The lowest BCUT2D eigenvalue weighted by atomic mass is 9.97. The van der Waals surface area contributed by atoms with Crippen LogP contribution in [0.2, 0.25) is 0 Å². The highest BCUT2D eigenvalue weighted by atomic mass is 16.7. The quantitative estimate of drug-likeness (QED) is 0.197. The average Bonchev–Trinajstić information content (AvgIpc) is 2.71. The van der Waals surface area contributed by atoms with E-state index in [0.29, 0.717) is 19.5 Å². The van der Waals surface area contributed by atoms with Crippen LogP contribution < -0.4 is 16.8 Å². The number of aliphatic hydroxyl groups is 1. The van der Waals surface area contributed by atoms with E-state index in [-0.39, 0.29) is 18.9 Å². The number of unbranched alkanes of at least 4 members (excludes halogenated alkanes) is 3. The number of esters is 2. The first-order valence-electron chi connectivity index (χ1n) is 10.7. The van der Waals surface area contributed by atoms with E-state index in [1.807, 2.05) is 0 Å². The molecule has 180 valence electrons.